The molecule has 0 aliphatic carbocycles. The molecule has 0 saturated heterocycles. The summed E-state index contributed by atoms with van der Waals surface area (Å²) >= 11 is 1.38. The average Bonchev–Trinajstić information content (AvgIpc) is 3.10. The van der Waals surface area contributed by atoms with E-state index in [1.807, 2.05) is 41.8 Å². The van der Waals surface area contributed by atoms with Crippen LogP contribution in [-0.4, -0.2) is 26.4 Å². The number of benzene rings is 2. The molecule has 1 aromatic heterocycles. The highest BCUT2D eigenvalue weighted by Crippen LogP contribution is 2.28. The van der Waals surface area contributed by atoms with E-state index in [9.17, 15) is 4.79 Å². The molecule has 0 spiro atoms. The largest absolute Gasteiger partial charge is 0.325 e. The van der Waals surface area contributed by atoms with E-state index in [0.717, 1.165) is 33.8 Å². The molecule has 1 heterocycles. The van der Waals surface area contributed by atoms with Gasteiger partial charge in [-0.25, -0.2) is 0 Å². The van der Waals surface area contributed by atoms with Gasteiger partial charge in [-0.05, 0) is 37.0 Å². The molecule has 0 radical (unpaired) electrons. The predicted molar refractivity (Wildman–Crippen MR) is 125 cm³/mol. The van der Waals surface area contributed by atoms with Crippen LogP contribution < -0.4 is 5.32 Å². The molecule has 30 heavy (non-hydrogen) atoms. The number of allylic oxidation sites excluding steroid dienone is 1. The third-order valence-electron chi connectivity index (χ3n) is 4.83. The first-order chi connectivity index (χ1) is 14.4. The zero-order valence-electron chi connectivity index (χ0n) is 18.0. The number of hydrogen-bond donors (Lipinski definition) is 1. The Labute approximate surface area is 182 Å². The van der Waals surface area contributed by atoms with Gasteiger partial charge in [0.05, 0.1) is 5.75 Å². The van der Waals surface area contributed by atoms with Crippen molar-refractivity contribution < 1.29 is 4.79 Å². The summed E-state index contributed by atoms with van der Waals surface area (Å²) in [5, 5.41) is 12.5. The molecule has 5 nitrogen and oxygen atoms in total. The van der Waals surface area contributed by atoms with Crippen LogP contribution in [0.5, 0.6) is 0 Å². The predicted octanol–water partition coefficient (Wildman–Crippen LogP) is 5.60. The smallest absolute Gasteiger partial charge is 0.234 e. The van der Waals surface area contributed by atoms with Crippen molar-refractivity contribution in [2.75, 3.05) is 11.1 Å². The molecule has 1 amide bonds. The van der Waals surface area contributed by atoms with E-state index in [1.54, 1.807) is 0 Å². The van der Waals surface area contributed by atoms with Crippen LogP contribution in [0.1, 0.15) is 36.5 Å². The standard InChI is InChI=1S/C24H28N4OS/c1-6-13-28-23(19-11-7-9-17(4)14-19)26-27-24(28)30-15-21(29)25-22-18(5)10-8-12-20(22)16(2)3/h6-12,14,16H,1,13,15H2,2-5H3,(H,25,29). The molecule has 2 aromatic carbocycles. The maximum absolute atomic E-state index is 12.7. The fraction of sp³-hybridized carbons (Fsp3) is 0.292. The number of thioether (sulfide) groups is 1. The molecule has 0 saturated carbocycles. The van der Waals surface area contributed by atoms with Crippen molar-refractivity contribution in [2.45, 2.75) is 45.3 Å². The lowest BCUT2D eigenvalue weighted by Crippen LogP contribution is -2.17. The van der Waals surface area contributed by atoms with Crippen molar-refractivity contribution in [3.05, 3.63) is 71.8 Å². The number of carbonyl (C=O) groups is 1. The van der Waals surface area contributed by atoms with Crippen molar-refractivity contribution >= 4 is 23.4 Å². The molecule has 156 valence electrons. The molecule has 3 aromatic rings. The molecule has 0 unspecified atom stereocenters. The normalized spacial score (nSPS) is 11.0. The minimum Gasteiger partial charge on any atom is -0.325 e. The summed E-state index contributed by atoms with van der Waals surface area (Å²) in [6.07, 6.45) is 1.81. The molecular weight excluding hydrogens is 392 g/mol. The van der Waals surface area contributed by atoms with Crippen LogP contribution in [0, 0.1) is 13.8 Å². The maximum Gasteiger partial charge on any atom is 0.234 e. The van der Waals surface area contributed by atoms with Crippen LogP contribution in [0.3, 0.4) is 0 Å². The SMILES string of the molecule is C=CCn1c(SCC(=O)Nc2c(C)cccc2C(C)C)nnc1-c1cccc(C)c1. The van der Waals surface area contributed by atoms with E-state index in [4.69, 9.17) is 0 Å². The number of carbonyl (C=O) groups excluding carboxylic acids is 1. The lowest BCUT2D eigenvalue weighted by molar-refractivity contribution is -0.113. The van der Waals surface area contributed by atoms with Gasteiger partial charge in [0.15, 0.2) is 11.0 Å². The van der Waals surface area contributed by atoms with Gasteiger partial charge in [0.2, 0.25) is 5.91 Å². The quantitative estimate of drug-likeness (QED) is 0.380. The number of nitrogens with one attached hydrogen (secondary N) is 1. The third-order valence-corrected chi connectivity index (χ3v) is 5.80. The summed E-state index contributed by atoms with van der Waals surface area (Å²) in [4.78, 5) is 12.7. The van der Waals surface area contributed by atoms with Crippen LogP contribution in [0.4, 0.5) is 5.69 Å². The van der Waals surface area contributed by atoms with Crippen molar-refractivity contribution in [3.8, 4) is 11.4 Å². The monoisotopic (exact) mass is 420 g/mol. The van der Waals surface area contributed by atoms with E-state index in [0.29, 0.717) is 17.6 Å². The highest BCUT2D eigenvalue weighted by atomic mass is 32.2. The van der Waals surface area contributed by atoms with Gasteiger partial charge in [0.1, 0.15) is 0 Å². The van der Waals surface area contributed by atoms with Crippen LogP contribution in [0.25, 0.3) is 11.4 Å². The molecule has 3 rings (SSSR count). The average molecular weight is 421 g/mol. The zero-order chi connectivity index (χ0) is 21.7. The minimum atomic E-state index is -0.0542. The van der Waals surface area contributed by atoms with Gasteiger partial charge in [-0.3, -0.25) is 9.36 Å². The molecular formula is C24H28N4OS. The first-order valence-electron chi connectivity index (χ1n) is 10.0. The molecule has 1 N–H and O–H groups in total. The van der Waals surface area contributed by atoms with E-state index in [-0.39, 0.29) is 11.7 Å². The Balaban J connectivity index is 1.76. The van der Waals surface area contributed by atoms with Gasteiger partial charge in [0, 0.05) is 17.8 Å². The minimum absolute atomic E-state index is 0.0542. The van der Waals surface area contributed by atoms with Gasteiger partial charge in [-0.1, -0.05) is 73.6 Å². The second kappa shape index (κ2) is 9.76. The van der Waals surface area contributed by atoms with Gasteiger partial charge in [-0.15, -0.1) is 16.8 Å². The number of anilines is 1. The van der Waals surface area contributed by atoms with Gasteiger partial charge in [0.25, 0.3) is 0 Å². The highest BCUT2D eigenvalue weighted by molar-refractivity contribution is 7.99. The Bertz CT molecular complexity index is 1060. The summed E-state index contributed by atoms with van der Waals surface area (Å²) in [5.41, 5.74) is 5.28. The molecule has 0 fully saturated rings. The number of aromatic nitrogens is 3. The van der Waals surface area contributed by atoms with Crippen LogP contribution in [-0.2, 0) is 11.3 Å². The Morgan fingerprint density at radius 3 is 2.67 bits per heavy atom. The number of nitrogens with zero attached hydrogens (tertiary/aromatic N) is 3. The van der Waals surface area contributed by atoms with Crippen molar-refractivity contribution in [3.63, 3.8) is 0 Å². The highest BCUT2D eigenvalue weighted by Gasteiger charge is 2.16. The van der Waals surface area contributed by atoms with Crippen LogP contribution in [0.2, 0.25) is 0 Å². The van der Waals surface area contributed by atoms with Crippen LogP contribution >= 0.6 is 11.8 Å². The van der Waals surface area contributed by atoms with Crippen molar-refractivity contribution in [1.29, 1.82) is 0 Å². The fourth-order valence-corrected chi connectivity index (χ4v) is 4.08. The summed E-state index contributed by atoms with van der Waals surface area (Å²) in [5.74, 6) is 1.32. The Morgan fingerprint density at radius 1 is 1.20 bits per heavy atom. The summed E-state index contributed by atoms with van der Waals surface area (Å²) < 4.78 is 1.99. The van der Waals surface area contributed by atoms with E-state index >= 15 is 0 Å². The Kier molecular flexibility index (Phi) is 7.11. The summed E-state index contributed by atoms with van der Waals surface area (Å²) in [7, 11) is 0. The second-order valence-electron chi connectivity index (χ2n) is 7.61. The van der Waals surface area contributed by atoms with E-state index in [1.165, 1.54) is 11.8 Å². The zero-order valence-corrected chi connectivity index (χ0v) is 18.8. The third kappa shape index (κ3) is 5.00. The maximum atomic E-state index is 12.7. The lowest BCUT2D eigenvalue weighted by Gasteiger charge is -2.16. The molecule has 0 atom stereocenters. The molecule has 6 heteroatoms. The number of aryl methyl sites for hydroxylation is 2. The topological polar surface area (TPSA) is 59.8 Å². The van der Waals surface area contributed by atoms with E-state index in [2.05, 4.69) is 61.1 Å². The van der Waals surface area contributed by atoms with Gasteiger partial charge in [-0.2, -0.15) is 0 Å². The number of rotatable bonds is 8. The second-order valence-corrected chi connectivity index (χ2v) is 8.55. The molecule has 0 bridgehead atoms. The van der Waals surface area contributed by atoms with E-state index < -0.39 is 0 Å². The lowest BCUT2D eigenvalue weighted by atomic mass is 9.98. The van der Waals surface area contributed by atoms with Crippen molar-refractivity contribution in [1.82, 2.24) is 14.8 Å². The Morgan fingerprint density at radius 2 is 1.97 bits per heavy atom. The first-order valence-corrected chi connectivity index (χ1v) is 11.0. The molecule has 0 aliphatic rings. The van der Waals surface area contributed by atoms with Gasteiger partial charge >= 0.3 is 0 Å². The Hall–Kier alpha value is -2.86. The number of para-hydroxylation sites is 1. The van der Waals surface area contributed by atoms with Gasteiger partial charge < -0.3 is 5.32 Å². The fourth-order valence-electron chi connectivity index (χ4n) is 3.33. The summed E-state index contributed by atoms with van der Waals surface area (Å²) in [6.45, 7) is 12.8. The van der Waals surface area contributed by atoms with Crippen molar-refractivity contribution in [2.24, 2.45) is 0 Å². The first kappa shape index (κ1) is 21.8. The number of amides is 1. The summed E-state index contributed by atoms with van der Waals surface area (Å²) in [6, 6.07) is 14.3. The van der Waals surface area contributed by atoms with Crippen LogP contribution in [0.15, 0.2) is 60.3 Å². The molecule has 0 aliphatic heterocycles. The number of hydrogen-bond acceptors (Lipinski definition) is 4.